The fraction of sp³-hybridized carbons (Fsp3) is 0.462. The zero-order valence-corrected chi connectivity index (χ0v) is 8.86. The molecule has 2 nitrogen and oxygen atoms in total. The summed E-state index contributed by atoms with van der Waals surface area (Å²) in [5.74, 6) is 0.566. The average molecular weight is 203 g/mol. The standard InChI is InChI=1S/C13H17NO/c15-10-13-8-4-7-12(9-14-13)11-5-2-1-3-6-11/h1-3,5-6,10,12-14H,4,7-9H2. The number of aldehydes is 1. The fourth-order valence-corrected chi connectivity index (χ4v) is 2.21. The first kappa shape index (κ1) is 10.4. The van der Waals surface area contributed by atoms with E-state index in [0.717, 1.165) is 25.7 Å². The fourth-order valence-electron chi connectivity index (χ4n) is 2.21. The van der Waals surface area contributed by atoms with Crippen molar-refractivity contribution in [2.24, 2.45) is 0 Å². The number of hydrogen-bond acceptors (Lipinski definition) is 2. The highest BCUT2D eigenvalue weighted by Gasteiger charge is 2.18. The average Bonchev–Trinajstić information content (AvgIpc) is 2.55. The SMILES string of the molecule is O=CC1CCCC(c2ccccc2)CN1. The number of benzene rings is 1. The van der Waals surface area contributed by atoms with Gasteiger partial charge in [-0.05, 0) is 24.3 Å². The van der Waals surface area contributed by atoms with Gasteiger partial charge in [0.1, 0.15) is 6.29 Å². The molecule has 1 aromatic carbocycles. The quantitative estimate of drug-likeness (QED) is 0.746. The predicted octanol–water partition coefficient (Wildman–Crippen LogP) is 2.11. The van der Waals surface area contributed by atoms with Crippen molar-refractivity contribution in [1.29, 1.82) is 0 Å². The highest BCUT2D eigenvalue weighted by molar-refractivity contribution is 5.57. The Kier molecular flexibility index (Phi) is 3.51. The summed E-state index contributed by atoms with van der Waals surface area (Å²) in [6.45, 7) is 0.924. The molecular weight excluding hydrogens is 186 g/mol. The maximum atomic E-state index is 10.7. The van der Waals surface area contributed by atoms with E-state index in [-0.39, 0.29) is 6.04 Å². The molecule has 0 saturated carbocycles. The minimum Gasteiger partial charge on any atom is -0.307 e. The molecule has 1 aromatic rings. The van der Waals surface area contributed by atoms with Gasteiger partial charge in [-0.1, -0.05) is 36.8 Å². The van der Waals surface area contributed by atoms with Crippen LogP contribution in [0.3, 0.4) is 0 Å². The molecule has 1 heterocycles. The van der Waals surface area contributed by atoms with Gasteiger partial charge >= 0.3 is 0 Å². The van der Waals surface area contributed by atoms with E-state index < -0.39 is 0 Å². The van der Waals surface area contributed by atoms with Crippen molar-refractivity contribution < 1.29 is 4.79 Å². The minimum atomic E-state index is 0.0683. The van der Waals surface area contributed by atoms with E-state index in [1.807, 2.05) is 6.07 Å². The largest absolute Gasteiger partial charge is 0.307 e. The third-order valence-corrected chi connectivity index (χ3v) is 3.13. The molecule has 0 amide bonds. The second kappa shape index (κ2) is 5.08. The van der Waals surface area contributed by atoms with Gasteiger partial charge < -0.3 is 10.1 Å². The number of carbonyl (C=O) groups excluding carboxylic acids is 1. The van der Waals surface area contributed by atoms with Crippen molar-refractivity contribution in [3.8, 4) is 0 Å². The van der Waals surface area contributed by atoms with Gasteiger partial charge in [0.25, 0.3) is 0 Å². The van der Waals surface area contributed by atoms with E-state index in [0.29, 0.717) is 5.92 Å². The Hall–Kier alpha value is -1.15. The lowest BCUT2D eigenvalue weighted by atomic mass is 9.95. The van der Waals surface area contributed by atoms with Crippen LogP contribution < -0.4 is 5.32 Å². The first-order valence-electron chi connectivity index (χ1n) is 5.64. The number of rotatable bonds is 2. The highest BCUT2D eigenvalue weighted by Crippen LogP contribution is 2.23. The Bertz CT molecular complexity index is 310. The Morgan fingerprint density at radius 1 is 1.20 bits per heavy atom. The molecule has 2 rings (SSSR count). The Morgan fingerprint density at radius 3 is 2.73 bits per heavy atom. The van der Waals surface area contributed by atoms with Gasteiger partial charge in [0.05, 0.1) is 6.04 Å². The lowest BCUT2D eigenvalue weighted by molar-refractivity contribution is -0.109. The second-order valence-electron chi connectivity index (χ2n) is 4.19. The molecule has 0 radical (unpaired) electrons. The summed E-state index contributed by atoms with van der Waals surface area (Å²) < 4.78 is 0. The zero-order valence-electron chi connectivity index (χ0n) is 8.86. The van der Waals surface area contributed by atoms with Gasteiger partial charge in [-0.25, -0.2) is 0 Å². The predicted molar refractivity (Wildman–Crippen MR) is 60.9 cm³/mol. The molecule has 2 unspecified atom stereocenters. The normalized spacial score (nSPS) is 26.9. The maximum Gasteiger partial charge on any atom is 0.136 e. The van der Waals surface area contributed by atoms with E-state index in [1.54, 1.807) is 0 Å². The third kappa shape index (κ3) is 2.66. The van der Waals surface area contributed by atoms with Gasteiger partial charge in [-0.15, -0.1) is 0 Å². The van der Waals surface area contributed by atoms with Gasteiger partial charge in [0.15, 0.2) is 0 Å². The summed E-state index contributed by atoms with van der Waals surface area (Å²) in [5.41, 5.74) is 1.39. The number of hydrogen-bond donors (Lipinski definition) is 1. The molecule has 2 heteroatoms. The van der Waals surface area contributed by atoms with Gasteiger partial charge in [0, 0.05) is 6.54 Å². The Morgan fingerprint density at radius 2 is 2.00 bits per heavy atom. The van der Waals surface area contributed by atoms with Crippen LogP contribution in [0.5, 0.6) is 0 Å². The summed E-state index contributed by atoms with van der Waals surface area (Å²) in [5, 5.41) is 3.31. The van der Waals surface area contributed by atoms with Crippen LogP contribution in [0.1, 0.15) is 30.7 Å². The van der Waals surface area contributed by atoms with Crippen molar-refractivity contribution in [2.45, 2.75) is 31.2 Å². The van der Waals surface area contributed by atoms with Crippen LogP contribution in [-0.4, -0.2) is 18.9 Å². The molecular formula is C13H17NO. The van der Waals surface area contributed by atoms with E-state index in [4.69, 9.17) is 0 Å². The van der Waals surface area contributed by atoms with Crippen molar-refractivity contribution in [3.63, 3.8) is 0 Å². The topological polar surface area (TPSA) is 29.1 Å². The van der Waals surface area contributed by atoms with Crippen LogP contribution >= 0.6 is 0 Å². The monoisotopic (exact) mass is 203 g/mol. The minimum absolute atomic E-state index is 0.0683. The van der Waals surface area contributed by atoms with Crippen molar-refractivity contribution in [2.75, 3.05) is 6.54 Å². The highest BCUT2D eigenvalue weighted by atomic mass is 16.1. The zero-order chi connectivity index (χ0) is 10.5. The van der Waals surface area contributed by atoms with Crippen LogP contribution in [0.15, 0.2) is 30.3 Å². The van der Waals surface area contributed by atoms with Crippen molar-refractivity contribution >= 4 is 6.29 Å². The first-order chi connectivity index (χ1) is 7.40. The number of nitrogens with one attached hydrogen (secondary N) is 1. The van der Waals surface area contributed by atoms with E-state index in [9.17, 15) is 4.79 Å². The van der Waals surface area contributed by atoms with Crippen LogP contribution in [0.25, 0.3) is 0 Å². The van der Waals surface area contributed by atoms with Gasteiger partial charge in [-0.2, -0.15) is 0 Å². The van der Waals surface area contributed by atoms with Crippen LogP contribution in [0.2, 0.25) is 0 Å². The van der Waals surface area contributed by atoms with E-state index >= 15 is 0 Å². The smallest absolute Gasteiger partial charge is 0.136 e. The van der Waals surface area contributed by atoms with E-state index in [2.05, 4.69) is 29.6 Å². The summed E-state index contributed by atoms with van der Waals surface area (Å²) in [6, 6.07) is 10.6. The molecule has 0 aliphatic carbocycles. The third-order valence-electron chi connectivity index (χ3n) is 3.13. The second-order valence-corrected chi connectivity index (χ2v) is 4.19. The molecule has 1 aliphatic heterocycles. The molecule has 80 valence electrons. The van der Waals surface area contributed by atoms with Crippen LogP contribution in [0.4, 0.5) is 0 Å². The lowest BCUT2D eigenvalue weighted by Gasteiger charge is -2.14. The first-order valence-corrected chi connectivity index (χ1v) is 5.64. The van der Waals surface area contributed by atoms with Crippen molar-refractivity contribution in [3.05, 3.63) is 35.9 Å². The molecule has 15 heavy (non-hydrogen) atoms. The lowest BCUT2D eigenvalue weighted by Crippen LogP contribution is -2.31. The summed E-state index contributed by atoms with van der Waals surface area (Å²) in [6.07, 6.45) is 4.33. The maximum absolute atomic E-state index is 10.7. The molecule has 1 saturated heterocycles. The molecule has 0 aromatic heterocycles. The molecule has 2 atom stereocenters. The molecule has 1 N–H and O–H groups in total. The Balaban J connectivity index is 2.02. The molecule has 1 fully saturated rings. The van der Waals surface area contributed by atoms with Crippen molar-refractivity contribution in [1.82, 2.24) is 5.32 Å². The Labute approximate surface area is 90.7 Å². The van der Waals surface area contributed by atoms with Gasteiger partial charge in [-0.3, -0.25) is 0 Å². The summed E-state index contributed by atoms with van der Waals surface area (Å²) in [7, 11) is 0. The number of carbonyl (C=O) groups is 1. The molecule has 1 aliphatic rings. The van der Waals surface area contributed by atoms with Crippen LogP contribution in [0, 0.1) is 0 Å². The van der Waals surface area contributed by atoms with E-state index in [1.165, 1.54) is 12.0 Å². The summed E-state index contributed by atoms with van der Waals surface area (Å²) in [4.78, 5) is 10.7. The molecule has 0 bridgehead atoms. The van der Waals surface area contributed by atoms with Crippen LogP contribution in [-0.2, 0) is 4.79 Å². The molecule has 0 spiro atoms. The summed E-state index contributed by atoms with van der Waals surface area (Å²) >= 11 is 0. The van der Waals surface area contributed by atoms with Gasteiger partial charge in [0.2, 0.25) is 0 Å².